The van der Waals surface area contributed by atoms with Crippen molar-refractivity contribution in [3.8, 4) is 11.3 Å². The van der Waals surface area contributed by atoms with Crippen LogP contribution in [0.15, 0.2) is 42.7 Å². The first kappa shape index (κ1) is 14.3. The second-order valence-corrected chi connectivity index (χ2v) is 5.25. The minimum Gasteiger partial charge on any atom is -0.352 e. The average molecular weight is 294 g/mol. The maximum absolute atomic E-state index is 12.2. The maximum Gasteiger partial charge on any atom is 0.256 e. The van der Waals surface area contributed by atoms with Gasteiger partial charge in [-0.1, -0.05) is 36.8 Å². The fraction of sp³-hybridized carbons (Fsp3) is 0.235. The number of rotatable bonds is 4. The van der Waals surface area contributed by atoms with Crippen molar-refractivity contribution < 1.29 is 4.79 Å². The van der Waals surface area contributed by atoms with Crippen LogP contribution in [-0.2, 0) is 0 Å². The summed E-state index contributed by atoms with van der Waals surface area (Å²) in [7, 11) is 0. The van der Waals surface area contributed by atoms with E-state index < -0.39 is 0 Å². The van der Waals surface area contributed by atoms with Crippen LogP contribution in [0.2, 0.25) is 0 Å². The van der Waals surface area contributed by atoms with E-state index >= 15 is 0 Å². The minimum atomic E-state index is -0.134. The second kappa shape index (κ2) is 5.97. The molecule has 2 heterocycles. The molecular formula is C17H18N4O. The molecule has 5 nitrogen and oxygen atoms in total. The summed E-state index contributed by atoms with van der Waals surface area (Å²) in [5.41, 5.74) is 4.24. The zero-order valence-corrected chi connectivity index (χ0v) is 12.7. The molecule has 0 aliphatic rings. The third-order valence-electron chi connectivity index (χ3n) is 3.53. The van der Waals surface area contributed by atoms with Crippen molar-refractivity contribution in [1.82, 2.24) is 19.9 Å². The van der Waals surface area contributed by atoms with E-state index in [9.17, 15) is 4.79 Å². The van der Waals surface area contributed by atoms with Gasteiger partial charge in [0.25, 0.3) is 5.91 Å². The number of carbonyl (C=O) groups excluding carboxylic acids is 1. The van der Waals surface area contributed by atoms with Gasteiger partial charge in [-0.15, -0.1) is 0 Å². The maximum atomic E-state index is 12.2. The van der Waals surface area contributed by atoms with Crippen molar-refractivity contribution in [3.63, 3.8) is 0 Å². The Morgan fingerprint density at radius 2 is 2.00 bits per heavy atom. The number of nitrogens with zero attached hydrogens (tertiary/aromatic N) is 3. The lowest BCUT2D eigenvalue weighted by Crippen LogP contribution is -2.23. The van der Waals surface area contributed by atoms with Gasteiger partial charge in [0.05, 0.1) is 11.9 Å². The zero-order valence-electron chi connectivity index (χ0n) is 12.7. The predicted molar refractivity (Wildman–Crippen MR) is 85.8 cm³/mol. The van der Waals surface area contributed by atoms with E-state index in [1.54, 1.807) is 16.9 Å². The van der Waals surface area contributed by atoms with Gasteiger partial charge in [0.2, 0.25) is 0 Å². The third kappa shape index (κ3) is 2.57. The van der Waals surface area contributed by atoms with E-state index in [1.807, 2.05) is 25.1 Å². The molecule has 112 valence electrons. The van der Waals surface area contributed by atoms with Crippen LogP contribution < -0.4 is 5.32 Å². The van der Waals surface area contributed by atoms with Crippen LogP contribution in [0, 0.1) is 6.92 Å². The van der Waals surface area contributed by atoms with Crippen LogP contribution in [0.3, 0.4) is 0 Å². The van der Waals surface area contributed by atoms with Crippen LogP contribution in [-0.4, -0.2) is 27.0 Å². The summed E-state index contributed by atoms with van der Waals surface area (Å²) in [6.45, 7) is 4.72. The van der Waals surface area contributed by atoms with Crippen LogP contribution in [0.1, 0.15) is 29.3 Å². The topological polar surface area (TPSA) is 59.3 Å². The number of carbonyl (C=O) groups is 1. The Morgan fingerprint density at radius 3 is 2.73 bits per heavy atom. The van der Waals surface area contributed by atoms with Crippen LogP contribution >= 0.6 is 0 Å². The Labute approximate surface area is 129 Å². The number of aromatic nitrogens is 3. The summed E-state index contributed by atoms with van der Waals surface area (Å²) >= 11 is 0. The highest BCUT2D eigenvalue weighted by atomic mass is 16.1. The quantitative estimate of drug-likeness (QED) is 0.805. The molecule has 0 spiro atoms. The molecule has 3 rings (SSSR count). The first-order valence-electron chi connectivity index (χ1n) is 7.38. The molecule has 0 bridgehead atoms. The molecule has 0 unspecified atom stereocenters. The van der Waals surface area contributed by atoms with Gasteiger partial charge in [-0.05, 0) is 19.4 Å². The molecule has 0 saturated carbocycles. The van der Waals surface area contributed by atoms with Crippen molar-refractivity contribution in [1.29, 1.82) is 0 Å². The van der Waals surface area contributed by atoms with Gasteiger partial charge in [0, 0.05) is 18.3 Å². The third-order valence-corrected chi connectivity index (χ3v) is 3.53. The Bertz CT molecular complexity index is 805. The molecule has 0 saturated heterocycles. The van der Waals surface area contributed by atoms with Gasteiger partial charge in [-0.3, -0.25) is 4.79 Å². The molecule has 22 heavy (non-hydrogen) atoms. The first-order valence-corrected chi connectivity index (χ1v) is 7.38. The van der Waals surface area contributed by atoms with Crippen LogP contribution in [0.25, 0.3) is 16.9 Å². The number of hydrogen-bond acceptors (Lipinski definition) is 3. The minimum absolute atomic E-state index is 0.134. The molecule has 1 aromatic carbocycles. The number of amides is 1. The van der Waals surface area contributed by atoms with Gasteiger partial charge in [0.15, 0.2) is 5.65 Å². The Kier molecular flexibility index (Phi) is 3.87. The fourth-order valence-electron chi connectivity index (χ4n) is 2.33. The SMILES string of the molecule is CCCNC(=O)c1cnn2c(-c3ccc(C)cc3)ccnc12. The number of benzene rings is 1. The van der Waals surface area contributed by atoms with Crippen molar-refractivity contribution in [2.24, 2.45) is 0 Å². The molecule has 0 aliphatic heterocycles. The molecule has 1 N–H and O–H groups in total. The van der Waals surface area contributed by atoms with Crippen molar-refractivity contribution in [3.05, 3.63) is 53.9 Å². The van der Waals surface area contributed by atoms with Crippen LogP contribution in [0.4, 0.5) is 0 Å². The molecule has 0 radical (unpaired) electrons. The van der Waals surface area contributed by atoms with Gasteiger partial charge in [-0.2, -0.15) is 5.10 Å². The normalized spacial score (nSPS) is 10.8. The molecule has 1 amide bonds. The van der Waals surface area contributed by atoms with Gasteiger partial charge >= 0.3 is 0 Å². The lowest BCUT2D eigenvalue weighted by atomic mass is 10.1. The summed E-state index contributed by atoms with van der Waals surface area (Å²) in [5, 5.41) is 7.20. The molecule has 0 atom stereocenters. The molecular weight excluding hydrogens is 276 g/mol. The first-order chi connectivity index (χ1) is 10.7. The number of aryl methyl sites for hydroxylation is 1. The molecule has 3 aromatic rings. The van der Waals surface area contributed by atoms with Crippen molar-refractivity contribution >= 4 is 11.6 Å². The highest BCUT2D eigenvalue weighted by Gasteiger charge is 2.15. The van der Waals surface area contributed by atoms with E-state index in [0.29, 0.717) is 17.8 Å². The molecule has 0 aliphatic carbocycles. The highest BCUT2D eigenvalue weighted by Crippen LogP contribution is 2.21. The smallest absolute Gasteiger partial charge is 0.256 e. The Morgan fingerprint density at radius 1 is 1.23 bits per heavy atom. The lowest BCUT2D eigenvalue weighted by Gasteiger charge is -2.06. The van der Waals surface area contributed by atoms with E-state index in [2.05, 4.69) is 34.5 Å². The van der Waals surface area contributed by atoms with Crippen molar-refractivity contribution in [2.75, 3.05) is 6.54 Å². The average Bonchev–Trinajstić information content (AvgIpc) is 2.97. The zero-order chi connectivity index (χ0) is 15.5. The number of fused-ring (bicyclic) bond motifs is 1. The monoisotopic (exact) mass is 294 g/mol. The van der Waals surface area contributed by atoms with E-state index in [-0.39, 0.29) is 5.91 Å². The van der Waals surface area contributed by atoms with Gasteiger partial charge < -0.3 is 5.32 Å². The summed E-state index contributed by atoms with van der Waals surface area (Å²) in [5.74, 6) is -0.134. The fourth-order valence-corrected chi connectivity index (χ4v) is 2.33. The van der Waals surface area contributed by atoms with Crippen LogP contribution in [0.5, 0.6) is 0 Å². The Hall–Kier alpha value is -2.69. The summed E-state index contributed by atoms with van der Waals surface area (Å²) in [4.78, 5) is 16.5. The largest absolute Gasteiger partial charge is 0.352 e. The second-order valence-electron chi connectivity index (χ2n) is 5.25. The Balaban J connectivity index is 2.05. The summed E-state index contributed by atoms with van der Waals surface area (Å²) in [6.07, 6.45) is 4.18. The highest BCUT2D eigenvalue weighted by molar-refractivity contribution is 5.99. The van der Waals surface area contributed by atoms with E-state index in [0.717, 1.165) is 17.7 Å². The lowest BCUT2D eigenvalue weighted by molar-refractivity contribution is 0.0955. The predicted octanol–water partition coefficient (Wildman–Crippen LogP) is 2.84. The summed E-state index contributed by atoms with van der Waals surface area (Å²) in [6, 6.07) is 10.1. The molecule has 0 fully saturated rings. The van der Waals surface area contributed by atoms with Gasteiger partial charge in [-0.25, -0.2) is 9.50 Å². The molecule has 2 aromatic heterocycles. The van der Waals surface area contributed by atoms with E-state index in [1.165, 1.54) is 5.56 Å². The van der Waals surface area contributed by atoms with E-state index in [4.69, 9.17) is 0 Å². The van der Waals surface area contributed by atoms with Gasteiger partial charge in [0.1, 0.15) is 5.56 Å². The summed E-state index contributed by atoms with van der Waals surface area (Å²) < 4.78 is 1.71. The standard InChI is InChI=1S/C17H18N4O/c1-3-9-19-17(22)14-11-20-21-15(8-10-18-16(14)21)13-6-4-12(2)5-7-13/h4-8,10-11H,3,9H2,1-2H3,(H,19,22). The van der Waals surface area contributed by atoms with Crippen molar-refractivity contribution in [2.45, 2.75) is 20.3 Å². The number of nitrogens with one attached hydrogen (secondary N) is 1. The number of hydrogen-bond donors (Lipinski definition) is 1. The molecule has 5 heteroatoms.